The molecule has 0 amide bonds. The molecule has 0 aromatic heterocycles. The highest BCUT2D eigenvalue weighted by molar-refractivity contribution is 6.19. The van der Waals surface area contributed by atoms with Crippen LogP contribution >= 0.6 is 0 Å². The van der Waals surface area contributed by atoms with Crippen LogP contribution in [0.1, 0.15) is 39.3 Å². The molecule has 0 saturated carbocycles. The van der Waals surface area contributed by atoms with Gasteiger partial charge >= 0.3 is 0 Å². The van der Waals surface area contributed by atoms with Crippen molar-refractivity contribution in [1.82, 2.24) is 0 Å². The van der Waals surface area contributed by atoms with E-state index in [1.165, 1.54) is 93.5 Å². The second-order valence-corrected chi connectivity index (χ2v) is 22.4. The van der Waals surface area contributed by atoms with Gasteiger partial charge in [-0.2, -0.15) is 0 Å². The summed E-state index contributed by atoms with van der Waals surface area (Å²) in [6.45, 7) is 0. The monoisotopic (exact) mass is 1050 g/mol. The van der Waals surface area contributed by atoms with Crippen molar-refractivity contribution in [2.75, 3.05) is 0 Å². The highest BCUT2D eigenvalue weighted by Crippen LogP contribution is 2.62. The maximum atomic E-state index is 8.31. The van der Waals surface area contributed by atoms with E-state index in [-0.39, 0.29) is 5.92 Å². The Morgan fingerprint density at radius 3 is 1.84 bits per heavy atom. The first-order valence-electron chi connectivity index (χ1n) is 29.0. The zero-order valence-electron chi connectivity index (χ0n) is 45.5. The van der Waals surface area contributed by atoms with Crippen LogP contribution < -0.4 is 4.74 Å². The molecule has 6 aliphatic rings. The molecule has 11 aromatic carbocycles. The molecule has 6 aliphatic carbocycles. The summed E-state index contributed by atoms with van der Waals surface area (Å²) in [5, 5.41) is 7.20. The average Bonchev–Trinajstić information content (AvgIpc) is 2.36. The van der Waals surface area contributed by atoms with E-state index in [4.69, 9.17) is 4.74 Å². The number of rotatable bonds is 9. The summed E-state index contributed by atoms with van der Waals surface area (Å²) >= 11 is 0. The Labute approximate surface area is 483 Å². The summed E-state index contributed by atoms with van der Waals surface area (Å²) in [6.07, 6.45) is 17.1. The van der Waals surface area contributed by atoms with Crippen molar-refractivity contribution in [1.29, 1.82) is 0 Å². The van der Waals surface area contributed by atoms with Gasteiger partial charge in [0.2, 0.25) is 0 Å². The van der Waals surface area contributed by atoms with E-state index in [1.807, 2.05) is 0 Å². The second kappa shape index (κ2) is 19.0. The Morgan fingerprint density at radius 2 is 0.964 bits per heavy atom. The minimum atomic E-state index is -0.163. The van der Waals surface area contributed by atoms with Crippen molar-refractivity contribution in [3.8, 4) is 89.4 Å². The van der Waals surface area contributed by atoms with Gasteiger partial charge in [-0.25, -0.2) is 0 Å². The third-order valence-corrected chi connectivity index (χ3v) is 18.1. The average molecular weight is 1050 g/mol. The van der Waals surface area contributed by atoms with Crippen LogP contribution in [0.2, 0.25) is 0 Å². The molecular formula is C82H52O. The quantitative estimate of drug-likeness (QED) is 0.131. The molecule has 1 nitrogen and oxygen atoms in total. The van der Waals surface area contributed by atoms with Gasteiger partial charge in [0.05, 0.1) is 0 Å². The fraction of sp³-hybridized carbons (Fsp3) is 0.0244. The van der Waals surface area contributed by atoms with E-state index < -0.39 is 0 Å². The summed E-state index contributed by atoms with van der Waals surface area (Å²) in [4.78, 5) is 0. The Kier molecular flexibility index (Phi) is 10.8. The molecule has 1 heteroatoms. The van der Waals surface area contributed by atoms with Crippen LogP contribution in [0.15, 0.2) is 302 Å². The topological polar surface area (TPSA) is 9.23 Å². The Morgan fingerprint density at radius 1 is 0.337 bits per heavy atom. The largest absolute Gasteiger partial charge is 0.455 e. The molecule has 11 aromatic rings. The third kappa shape index (κ3) is 7.41. The minimum absolute atomic E-state index is 0.163. The lowest BCUT2D eigenvalue weighted by Crippen LogP contribution is -2.11. The van der Waals surface area contributed by atoms with Gasteiger partial charge in [0.1, 0.15) is 11.5 Å². The van der Waals surface area contributed by atoms with Crippen LogP contribution in [0.3, 0.4) is 0 Å². The van der Waals surface area contributed by atoms with Crippen molar-refractivity contribution in [3.05, 3.63) is 336 Å². The van der Waals surface area contributed by atoms with Crippen LogP contribution in [0.4, 0.5) is 0 Å². The van der Waals surface area contributed by atoms with Gasteiger partial charge in [0.25, 0.3) is 0 Å². The van der Waals surface area contributed by atoms with E-state index in [0.29, 0.717) is 0 Å². The molecule has 0 N–H and O–H groups in total. The van der Waals surface area contributed by atoms with Crippen LogP contribution in [0, 0.1) is 0 Å². The molecular weight excluding hydrogens is 1000 g/mol. The van der Waals surface area contributed by atoms with Crippen molar-refractivity contribution in [2.45, 2.75) is 12.3 Å². The maximum Gasteiger partial charge on any atom is 0.144 e. The molecule has 0 aliphatic heterocycles. The SMILES string of the molecule is C1=CC2=CC=C(c3c(Oc4ccc5cccccc4-5)c(-c4cccc(-c5ccccc5)c4-c4cccc5ccccc45)c(-c4cccc5c4ccc4ccccc45)c(-c4cccc5c4Cc4ccccc4-5)c3C3C=Cc4ccccc43)C2=C1. The van der Waals surface area contributed by atoms with Gasteiger partial charge in [-0.3, -0.25) is 0 Å². The number of hydrogen-bond acceptors (Lipinski definition) is 1. The number of hydrogen-bond donors (Lipinski definition) is 0. The zero-order valence-corrected chi connectivity index (χ0v) is 45.5. The first-order valence-corrected chi connectivity index (χ1v) is 29.0. The first-order chi connectivity index (χ1) is 41.2. The highest BCUT2D eigenvalue weighted by Gasteiger charge is 2.39. The van der Waals surface area contributed by atoms with Gasteiger partial charge in [-0.05, 0) is 151 Å². The molecule has 17 rings (SSSR count). The van der Waals surface area contributed by atoms with E-state index in [2.05, 4.69) is 297 Å². The van der Waals surface area contributed by atoms with Gasteiger partial charge in [-0.15, -0.1) is 0 Å². The predicted molar refractivity (Wildman–Crippen MR) is 348 cm³/mol. The van der Waals surface area contributed by atoms with Crippen molar-refractivity contribution in [3.63, 3.8) is 0 Å². The first kappa shape index (κ1) is 47.2. The summed E-state index contributed by atoms with van der Waals surface area (Å²) < 4.78 is 8.31. The number of ether oxygens (including phenoxy) is 1. The second-order valence-electron chi connectivity index (χ2n) is 22.4. The molecule has 0 fully saturated rings. The molecule has 0 bridgehead atoms. The fourth-order valence-electron chi connectivity index (χ4n) is 14.4. The normalized spacial score (nSPS) is 14.5. The Bertz CT molecular complexity index is 5010. The lowest BCUT2D eigenvalue weighted by Gasteiger charge is -2.32. The molecule has 0 radical (unpaired) electrons. The van der Waals surface area contributed by atoms with Crippen molar-refractivity contribution < 1.29 is 4.74 Å². The van der Waals surface area contributed by atoms with E-state index in [9.17, 15) is 0 Å². The summed E-state index contributed by atoms with van der Waals surface area (Å²) in [7, 11) is 0. The molecule has 1 unspecified atom stereocenters. The molecule has 1 atom stereocenters. The standard InChI is InChI=1S/C82H52O/c1-3-20-52(21-4-1)64-35-17-41-73(76(64)68-38-16-27-51-23-7-12-30-59(51)68)81-78(69-39-18-36-65-58-29-11-8-24-53(58)42-46-67(65)69)77(70-40-19-37-66-62-32-14-10-26-57(62)50-74(66)70)79(71-47-43-54-25-9-13-31-60(54)71)80(72-48-44-55-28-15-34-61(55)72)82(81)83-75-49-45-56-22-5-2-6-33-63(56)75/h1-49,71H,50H2. The maximum absolute atomic E-state index is 8.31. The van der Waals surface area contributed by atoms with Crippen LogP contribution in [0.5, 0.6) is 11.5 Å². The molecule has 0 spiro atoms. The van der Waals surface area contributed by atoms with Crippen LogP contribution in [-0.2, 0) is 6.42 Å². The smallest absolute Gasteiger partial charge is 0.144 e. The zero-order chi connectivity index (χ0) is 54.5. The van der Waals surface area contributed by atoms with E-state index in [0.717, 1.165) is 84.7 Å². The van der Waals surface area contributed by atoms with E-state index >= 15 is 0 Å². The summed E-state index contributed by atoms with van der Waals surface area (Å²) in [5.74, 6) is 1.47. The Hall–Kier alpha value is -10.6. The number of allylic oxidation sites excluding steroid dienone is 9. The molecule has 386 valence electrons. The Balaban J connectivity index is 1.15. The van der Waals surface area contributed by atoms with Crippen LogP contribution in [0.25, 0.3) is 122 Å². The van der Waals surface area contributed by atoms with Crippen LogP contribution in [-0.4, -0.2) is 0 Å². The summed E-state index contributed by atoms with van der Waals surface area (Å²) in [5.41, 5.74) is 27.3. The van der Waals surface area contributed by atoms with Gasteiger partial charge < -0.3 is 4.74 Å². The molecule has 0 heterocycles. The van der Waals surface area contributed by atoms with Gasteiger partial charge in [0, 0.05) is 28.2 Å². The predicted octanol–water partition coefficient (Wildman–Crippen LogP) is 21.9. The summed E-state index contributed by atoms with van der Waals surface area (Å²) in [6, 6.07) is 94.7. The van der Waals surface area contributed by atoms with Crippen molar-refractivity contribution >= 4 is 44.0 Å². The number of benzene rings is 11. The number of fused-ring (bicyclic) bond motifs is 10. The minimum Gasteiger partial charge on any atom is -0.455 e. The molecule has 0 saturated heterocycles. The lowest BCUT2D eigenvalue weighted by molar-refractivity contribution is 0.486. The third-order valence-electron chi connectivity index (χ3n) is 18.1. The lowest BCUT2D eigenvalue weighted by atomic mass is 9.72. The fourth-order valence-corrected chi connectivity index (χ4v) is 14.4. The van der Waals surface area contributed by atoms with Gasteiger partial charge in [0.15, 0.2) is 0 Å². The van der Waals surface area contributed by atoms with E-state index in [1.54, 1.807) is 0 Å². The highest BCUT2D eigenvalue weighted by atomic mass is 16.5. The van der Waals surface area contributed by atoms with Crippen molar-refractivity contribution in [2.24, 2.45) is 0 Å². The van der Waals surface area contributed by atoms with Gasteiger partial charge in [-0.1, -0.05) is 291 Å². The molecule has 83 heavy (non-hydrogen) atoms.